The van der Waals surface area contributed by atoms with Crippen molar-refractivity contribution < 1.29 is 9.59 Å². The van der Waals surface area contributed by atoms with Gasteiger partial charge in [-0.1, -0.05) is 30.3 Å². The molecule has 3 aromatic rings. The van der Waals surface area contributed by atoms with E-state index in [0.717, 1.165) is 5.56 Å². The van der Waals surface area contributed by atoms with E-state index < -0.39 is 0 Å². The third-order valence-corrected chi connectivity index (χ3v) is 5.06. The van der Waals surface area contributed by atoms with Gasteiger partial charge in [-0.15, -0.1) is 10.2 Å². The van der Waals surface area contributed by atoms with Gasteiger partial charge in [-0.2, -0.15) is 4.80 Å². The first-order valence-corrected chi connectivity index (χ1v) is 10.0. The molecule has 0 unspecified atom stereocenters. The van der Waals surface area contributed by atoms with Gasteiger partial charge in [0.1, 0.15) is 0 Å². The molecule has 4 rings (SSSR count). The highest BCUT2D eigenvalue weighted by Gasteiger charge is 2.24. The molecule has 0 saturated carbocycles. The number of rotatable bonds is 6. The average molecular weight is 405 g/mol. The summed E-state index contributed by atoms with van der Waals surface area (Å²) < 4.78 is 0. The Kier molecular flexibility index (Phi) is 6.07. The smallest absolute Gasteiger partial charge is 0.255 e. The number of piperazine rings is 1. The Hall–Kier alpha value is -3.62. The van der Waals surface area contributed by atoms with Crippen LogP contribution in [-0.4, -0.2) is 73.0 Å². The average Bonchev–Trinajstić information content (AvgIpc) is 3.29. The summed E-state index contributed by atoms with van der Waals surface area (Å²) in [5.74, 6) is 0.630. The van der Waals surface area contributed by atoms with Gasteiger partial charge in [0, 0.05) is 50.6 Å². The number of aromatic nitrogens is 5. The zero-order chi connectivity index (χ0) is 20.8. The van der Waals surface area contributed by atoms with Gasteiger partial charge in [-0.3, -0.25) is 14.6 Å². The van der Waals surface area contributed by atoms with E-state index in [2.05, 4.69) is 20.4 Å². The molecule has 3 heterocycles. The van der Waals surface area contributed by atoms with E-state index in [9.17, 15) is 9.59 Å². The molecular weight excluding hydrogens is 382 g/mol. The Labute approximate surface area is 174 Å². The summed E-state index contributed by atoms with van der Waals surface area (Å²) in [6.07, 6.45) is 4.27. The van der Waals surface area contributed by atoms with Gasteiger partial charge in [-0.05, 0) is 23.8 Å². The van der Waals surface area contributed by atoms with Gasteiger partial charge >= 0.3 is 0 Å². The molecule has 1 aromatic carbocycles. The second kappa shape index (κ2) is 9.25. The quantitative estimate of drug-likeness (QED) is 0.617. The first-order valence-electron chi connectivity index (χ1n) is 10.0. The van der Waals surface area contributed by atoms with Gasteiger partial charge in [-0.25, -0.2) is 0 Å². The summed E-state index contributed by atoms with van der Waals surface area (Å²) in [6.45, 7) is 2.69. The maximum Gasteiger partial charge on any atom is 0.255 e. The first-order chi connectivity index (χ1) is 14.7. The normalized spacial score (nSPS) is 14.0. The van der Waals surface area contributed by atoms with Gasteiger partial charge in [0.15, 0.2) is 0 Å². The van der Waals surface area contributed by atoms with E-state index in [1.165, 1.54) is 4.80 Å². The zero-order valence-corrected chi connectivity index (χ0v) is 16.6. The summed E-state index contributed by atoms with van der Waals surface area (Å²) in [6, 6.07) is 13.2. The SMILES string of the molecule is O=C(CCCn1nnc(-c2ccccc2)n1)N1CCN(C(=O)c2cccnc2)CC1. The van der Waals surface area contributed by atoms with Crippen molar-refractivity contribution in [2.24, 2.45) is 0 Å². The van der Waals surface area contributed by atoms with Crippen LogP contribution in [0.1, 0.15) is 23.2 Å². The molecule has 2 amide bonds. The summed E-state index contributed by atoms with van der Waals surface area (Å²) in [4.78, 5) is 34.1. The van der Waals surface area contributed by atoms with Crippen LogP contribution in [-0.2, 0) is 11.3 Å². The largest absolute Gasteiger partial charge is 0.339 e. The van der Waals surface area contributed by atoms with E-state index in [4.69, 9.17) is 0 Å². The third kappa shape index (κ3) is 4.68. The highest BCUT2D eigenvalue weighted by Crippen LogP contribution is 2.13. The van der Waals surface area contributed by atoms with Crippen LogP contribution in [0.15, 0.2) is 54.9 Å². The molecule has 0 spiro atoms. The van der Waals surface area contributed by atoms with Crippen LogP contribution in [0.4, 0.5) is 0 Å². The van der Waals surface area contributed by atoms with Crippen molar-refractivity contribution in [2.75, 3.05) is 26.2 Å². The van der Waals surface area contributed by atoms with Crippen molar-refractivity contribution in [2.45, 2.75) is 19.4 Å². The van der Waals surface area contributed by atoms with Crippen molar-refractivity contribution in [3.05, 3.63) is 60.4 Å². The Balaban J connectivity index is 1.21. The molecule has 0 aliphatic carbocycles. The van der Waals surface area contributed by atoms with Crippen LogP contribution in [0, 0.1) is 0 Å². The number of pyridine rings is 1. The van der Waals surface area contributed by atoms with Gasteiger partial charge in [0.05, 0.1) is 12.1 Å². The fourth-order valence-corrected chi connectivity index (χ4v) is 3.40. The van der Waals surface area contributed by atoms with Crippen LogP contribution in [0.25, 0.3) is 11.4 Å². The number of tetrazole rings is 1. The Morgan fingerprint density at radius 1 is 0.933 bits per heavy atom. The van der Waals surface area contributed by atoms with Crippen LogP contribution in [0.3, 0.4) is 0 Å². The Morgan fingerprint density at radius 2 is 1.70 bits per heavy atom. The lowest BCUT2D eigenvalue weighted by molar-refractivity contribution is -0.132. The monoisotopic (exact) mass is 405 g/mol. The predicted molar refractivity (Wildman–Crippen MR) is 109 cm³/mol. The number of hydrogen-bond acceptors (Lipinski definition) is 6. The number of carbonyl (C=O) groups excluding carboxylic acids is 2. The van der Waals surface area contributed by atoms with Crippen LogP contribution in [0.5, 0.6) is 0 Å². The number of aryl methyl sites for hydroxylation is 1. The predicted octanol–water partition coefficient (Wildman–Crippen LogP) is 1.50. The van der Waals surface area contributed by atoms with Gasteiger partial charge in [0.25, 0.3) is 5.91 Å². The molecule has 0 N–H and O–H groups in total. The lowest BCUT2D eigenvalue weighted by Crippen LogP contribution is -2.50. The third-order valence-electron chi connectivity index (χ3n) is 5.06. The van der Waals surface area contributed by atoms with Crippen molar-refractivity contribution in [1.82, 2.24) is 35.0 Å². The van der Waals surface area contributed by atoms with Crippen LogP contribution >= 0.6 is 0 Å². The van der Waals surface area contributed by atoms with Crippen molar-refractivity contribution in [1.29, 1.82) is 0 Å². The maximum atomic E-state index is 12.5. The molecule has 0 bridgehead atoms. The lowest BCUT2D eigenvalue weighted by atomic mass is 10.2. The highest BCUT2D eigenvalue weighted by atomic mass is 16.2. The van der Waals surface area contributed by atoms with Crippen molar-refractivity contribution >= 4 is 11.8 Å². The molecule has 0 radical (unpaired) electrons. The summed E-state index contributed by atoms with van der Waals surface area (Å²) in [7, 11) is 0. The zero-order valence-electron chi connectivity index (χ0n) is 16.6. The van der Waals surface area contributed by atoms with Crippen molar-refractivity contribution in [3.8, 4) is 11.4 Å². The van der Waals surface area contributed by atoms with Gasteiger partial charge in [0.2, 0.25) is 11.7 Å². The van der Waals surface area contributed by atoms with E-state index >= 15 is 0 Å². The molecule has 154 valence electrons. The standard InChI is InChI=1S/C21H23N7O2/c29-19(9-5-11-28-24-20(23-25-28)17-6-2-1-3-7-17)26-12-14-27(15-13-26)21(30)18-8-4-10-22-16-18/h1-4,6-8,10,16H,5,9,11-15H2. The molecule has 2 aromatic heterocycles. The fourth-order valence-electron chi connectivity index (χ4n) is 3.40. The van der Waals surface area contributed by atoms with Crippen LogP contribution in [0.2, 0.25) is 0 Å². The molecule has 1 saturated heterocycles. The highest BCUT2D eigenvalue weighted by molar-refractivity contribution is 5.94. The number of amides is 2. The van der Waals surface area contributed by atoms with Gasteiger partial charge < -0.3 is 9.80 Å². The summed E-state index contributed by atoms with van der Waals surface area (Å²) in [5, 5.41) is 12.5. The summed E-state index contributed by atoms with van der Waals surface area (Å²) >= 11 is 0. The molecule has 0 atom stereocenters. The first kappa shape index (κ1) is 19.7. The van der Waals surface area contributed by atoms with Crippen molar-refractivity contribution in [3.63, 3.8) is 0 Å². The minimum absolute atomic E-state index is 0.0401. The molecule has 30 heavy (non-hydrogen) atoms. The number of nitrogens with zero attached hydrogens (tertiary/aromatic N) is 7. The molecule has 9 nitrogen and oxygen atoms in total. The second-order valence-electron chi connectivity index (χ2n) is 7.09. The van der Waals surface area contributed by atoms with E-state index in [-0.39, 0.29) is 11.8 Å². The Bertz CT molecular complexity index is 983. The maximum absolute atomic E-state index is 12.5. The number of hydrogen-bond donors (Lipinski definition) is 0. The topological polar surface area (TPSA) is 97.1 Å². The number of carbonyl (C=O) groups is 2. The molecule has 1 aliphatic heterocycles. The number of benzene rings is 1. The fraction of sp³-hybridized carbons (Fsp3) is 0.333. The summed E-state index contributed by atoms with van der Waals surface area (Å²) in [5.41, 5.74) is 1.49. The van der Waals surface area contributed by atoms with E-state index in [0.29, 0.717) is 57.0 Å². The minimum Gasteiger partial charge on any atom is -0.339 e. The molecule has 9 heteroatoms. The lowest BCUT2D eigenvalue weighted by Gasteiger charge is -2.34. The molecular formula is C21H23N7O2. The van der Waals surface area contributed by atoms with Crippen LogP contribution < -0.4 is 0 Å². The van der Waals surface area contributed by atoms with E-state index in [1.54, 1.807) is 29.4 Å². The Morgan fingerprint density at radius 3 is 2.43 bits per heavy atom. The minimum atomic E-state index is -0.0401. The molecule has 1 fully saturated rings. The molecule has 1 aliphatic rings. The second-order valence-corrected chi connectivity index (χ2v) is 7.09. The van der Waals surface area contributed by atoms with E-state index in [1.807, 2.05) is 35.2 Å².